The Balaban J connectivity index is 1.77. The van der Waals surface area contributed by atoms with Crippen molar-refractivity contribution in [2.75, 3.05) is 7.11 Å². The van der Waals surface area contributed by atoms with E-state index >= 15 is 0 Å². The van der Waals surface area contributed by atoms with Crippen LogP contribution in [0.4, 0.5) is 0 Å². The highest BCUT2D eigenvalue weighted by Gasteiger charge is 2.03. The fourth-order valence-corrected chi connectivity index (χ4v) is 2.28. The lowest BCUT2D eigenvalue weighted by atomic mass is 10.1. The van der Waals surface area contributed by atoms with Crippen LogP contribution in [0.5, 0.6) is 5.75 Å². The van der Waals surface area contributed by atoms with Crippen LogP contribution in [0.2, 0.25) is 5.02 Å². The van der Waals surface area contributed by atoms with Crippen molar-refractivity contribution in [2.24, 2.45) is 0 Å². The van der Waals surface area contributed by atoms with Crippen molar-refractivity contribution in [3.8, 4) is 17.0 Å². The van der Waals surface area contributed by atoms with Crippen LogP contribution in [-0.2, 0) is 6.54 Å². The smallest absolute Gasteiger partial charge is 0.118 e. The maximum Gasteiger partial charge on any atom is 0.118 e. The van der Waals surface area contributed by atoms with Crippen molar-refractivity contribution in [3.63, 3.8) is 0 Å². The maximum atomic E-state index is 5.89. The van der Waals surface area contributed by atoms with Crippen LogP contribution in [0.25, 0.3) is 11.3 Å². The van der Waals surface area contributed by atoms with Gasteiger partial charge in [-0.25, -0.2) is 4.98 Å². The molecule has 0 fully saturated rings. The van der Waals surface area contributed by atoms with Crippen molar-refractivity contribution in [2.45, 2.75) is 6.54 Å². The van der Waals surface area contributed by atoms with Gasteiger partial charge in [-0.3, -0.25) is 0 Å². The number of nitrogens with zero attached hydrogens (tertiary/aromatic N) is 2. The first kappa shape index (κ1) is 13.7. The second-order valence-corrected chi connectivity index (χ2v) is 5.22. The summed E-state index contributed by atoms with van der Waals surface area (Å²) in [5.74, 6) is 0.847. The third-order valence-electron chi connectivity index (χ3n) is 3.30. The van der Waals surface area contributed by atoms with E-state index in [1.165, 1.54) is 5.56 Å². The van der Waals surface area contributed by atoms with E-state index in [1.54, 1.807) is 7.11 Å². The number of aromatic nitrogens is 2. The first-order valence-electron chi connectivity index (χ1n) is 6.65. The van der Waals surface area contributed by atoms with E-state index in [0.717, 1.165) is 28.6 Å². The van der Waals surface area contributed by atoms with Crippen molar-refractivity contribution in [1.29, 1.82) is 0 Å². The summed E-state index contributed by atoms with van der Waals surface area (Å²) < 4.78 is 7.22. The van der Waals surface area contributed by atoms with E-state index in [-0.39, 0.29) is 0 Å². The van der Waals surface area contributed by atoms with Crippen LogP contribution in [0, 0.1) is 0 Å². The summed E-state index contributed by atoms with van der Waals surface area (Å²) in [7, 11) is 1.66. The summed E-state index contributed by atoms with van der Waals surface area (Å²) in [4.78, 5) is 4.45. The highest BCUT2D eigenvalue weighted by atomic mass is 35.5. The van der Waals surface area contributed by atoms with Crippen LogP contribution in [0.15, 0.2) is 61.1 Å². The Morgan fingerprint density at radius 1 is 1.05 bits per heavy atom. The molecule has 0 N–H and O–H groups in total. The zero-order valence-electron chi connectivity index (χ0n) is 11.7. The van der Waals surface area contributed by atoms with Gasteiger partial charge in [0.2, 0.25) is 0 Å². The van der Waals surface area contributed by atoms with Gasteiger partial charge in [0.15, 0.2) is 0 Å². The van der Waals surface area contributed by atoms with Gasteiger partial charge in [-0.05, 0) is 42.0 Å². The SMILES string of the molecule is COc1ccc(-c2cn(Cc3ccc(Cl)cc3)cn2)cc1. The molecule has 1 aromatic heterocycles. The van der Waals surface area contributed by atoms with Gasteiger partial charge in [-0.2, -0.15) is 0 Å². The molecule has 0 radical (unpaired) electrons. The first-order chi connectivity index (χ1) is 10.2. The van der Waals surface area contributed by atoms with E-state index in [2.05, 4.69) is 9.55 Å². The summed E-state index contributed by atoms with van der Waals surface area (Å²) in [6, 6.07) is 15.7. The fraction of sp³-hybridized carbons (Fsp3) is 0.118. The maximum absolute atomic E-state index is 5.89. The number of rotatable bonds is 4. The number of halogens is 1. The summed E-state index contributed by atoms with van der Waals surface area (Å²) >= 11 is 5.89. The average Bonchev–Trinajstić information content (AvgIpc) is 2.98. The molecule has 0 aliphatic rings. The molecule has 3 nitrogen and oxygen atoms in total. The monoisotopic (exact) mass is 298 g/mol. The Morgan fingerprint density at radius 3 is 2.43 bits per heavy atom. The van der Waals surface area contributed by atoms with Crippen molar-refractivity contribution in [1.82, 2.24) is 9.55 Å². The van der Waals surface area contributed by atoms with Gasteiger partial charge in [0, 0.05) is 23.3 Å². The molecule has 106 valence electrons. The third-order valence-corrected chi connectivity index (χ3v) is 3.55. The predicted molar refractivity (Wildman–Crippen MR) is 84.8 cm³/mol. The average molecular weight is 299 g/mol. The highest BCUT2D eigenvalue weighted by molar-refractivity contribution is 6.30. The fourth-order valence-electron chi connectivity index (χ4n) is 2.16. The largest absolute Gasteiger partial charge is 0.497 e. The lowest BCUT2D eigenvalue weighted by Crippen LogP contribution is -1.95. The molecule has 3 aromatic rings. The van der Waals surface area contributed by atoms with E-state index in [1.807, 2.05) is 61.1 Å². The summed E-state index contributed by atoms with van der Waals surface area (Å²) in [6.45, 7) is 0.778. The Hall–Kier alpha value is -2.26. The Kier molecular flexibility index (Phi) is 3.93. The number of ether oxygens (including phenoxy) is 1. The summed E-state index contributed by atoms with van der Waals surface area (Å²) in [6.07, 6.45) is 3.88. The van der Waals surface area contributed by atoms with Crippen LogP contribution in [0.3, 0.4) is 0 Å². The van der Waals surface area contributed by atoms with Crippen LogP contribution in [0.1, 0.15) is 5.56 Å². The predicted octanol–water partition coefficient (Wildman–Crippen LogP) is 4.26. The molecule has 0 bridgehead atoms. The zero-order chi connectivity index (χ0) is 14.7. The molecule has 0 aliphatic carbocycles. The molecule has 0 unspecified atom stereocenters. The first-order valence-corrected chi connectivity index (χ1v) is 7.03. The molecule has 2 aromatic carbocycles. The minimum absolute atomic E-state index is 0.753. The Labute approximate surface area is 128 Å². The second-order valence-electron chi connectivity index (χ2n) is 4.79. The Morgan fingerprint density at radius 2 is 1.76 bits per heavy atom. The highest BCUT2D eigenvalue weighted by Crippen LogP contribution is 2.21. The van der Waals surface area contributed by atoms with Gasteiger partial charge >= 0.3 is 0 Å². The molecule has 1 heterocycles. The number of benzene rings is 2. The number of methoxy groups -OCH3 is 1. The molecule has 0 atom stereocenters. The van der Waals surface area contributed by atoms with Gasteiger partial charge in [0.05, 0.1) is 19.1 Å². The topological polar surface area (TPSA) is 27.1 Å². The molecule has 0 saturated carbocycles. The van der Waals surface area contributed by atoms with E-state index in [4.69, 9.17) is 16.3 Å². The molecular formula is C17H15ClN2O. The van der Waals surface area contributed by atoms with Crippen LogP contribution >= 0.6 is 11.6 Å². The van der Waals surface area contributed by atoms with Gasteiger partial charge in [-0.1, -0.05) is 23.7 Å². The molecule has 0 saturated heterocycles. The van der Waals surface area contributed by atoms with E-state index in [0.29, 0.717) is 0 Å². The second kappa shape index (κ2) is 6.02. The molecule has 0 spiro atoms. The number of hydrogen-bond acceptors (Lipinski definition) is 2. The van der Waals surface area contributed by atoms with Gasteiger partial charge in [-0.15, -0.1) is 0 Å². The van der Waals surface area contributed by atoms with Crippen molar-refractivity contribution < 1.29 is 4.74 Å². The molecule has 21 heavy (non-hydrogen) atoms. The Bertz CT molecular complexity index is 717. The molecule has 4 heteroatoms. The molecule has 0 amide bonds. The normalized spacial score (nSPS) is 10.6. The third kappa shape index (κ3) is 3.26. The molecule has 0 aliphatic heterocycles. The van der Waals surface area contributed by atoms with Crippen LogP contribution < -0.4 is 4.74 Å². The number of imidazole rings is 1. The quantitative estimate of drug-likeness (QED) is 0.719. The summed E-state index contributed by atoms with van der Waals surface area (Å²) in [5, 5.41) is 0.753. The molecule has 3 rings (SSSR count). The van der Waals surface area contributed by atoms with Gasteiger partial charge < -0.3 is 9.30 Å². The standard InChI is InChI=1S/C17H15ClN2O/c1-21-16-8-4-14(5-9-16)17-11-20(12-19-17)10-13-2-6-15(18)7-3-13/h2-9,11-12H,10H2,1H3. The minimum atomic E-state index is 0.753. The molecular weight excluding hydrogens is 284 g/mol. The van der Waals surface area contributed by atoms with Gasteiger partial charge in [0.1, 0.15) is 5.75 Å². The van der Waals surface area contributed by atoms with Crippen LogP contribution in [-0.4, -0.2) is 16.7 Å². The van der Waals surface area contributed by atoms with E-state index < -0.39 is 0 Å². The lowest BCUT2D eigenvalue weighted by molar-refractivity contribution is 0.415. The zero-order valence-corrected chi connectivity index (χ0v) is 12.4. The van der Waals surface area contributed by atoms with Crippen molar-refractivity contribution >= 4 is 11.6 Å². The number of hydrogen-bond donors (Lipinski definition) is 0. The van der Waals surface area contributed by atoms with Crippen molar-refractivity contribution in [3.05, 3.63) is 71.6 Å². The summed E-state index contributed by atoms with van der Waals surface area (Å²) in [5.41, 5.74) is 3.22. The van der Waals surface area contributed by atoms with E-state index in [9.17, 15) is 0 Å². The minimum Gasteiger partial charge on any atom is -0.497 e. The van der Waals surface area contributed by atoms with Gasteiger partial charge in [0.25, 0.3) is 0 Å². The lowest BCUT2D eigenvalue weighted by Gasteiger charge is -2.02.